The molecule has 1 fully saturated rings. The maximum absolute atomic E-state index is 12.9. The van der Waals surface area contributed by atoms with Crippen molar-refractivity contribution < 1.29 is 52.4 Å². The van der Waals surface area contributed by atoms with E-state index in [0.717, 1.165) is 16.8 Å². The number of hydrogen-bond donors (Lipinski definition) is 5. The number of carbonyl (C=O) groups is 1. The minimum Gasteiger partial charge on any atom is -0.387 e. The zero-order valence-corrected chi connectivity index (χ0v) is 24.4. The summed E-state index contributed by atoms with van der Waals surface area (Å²) in [4.78, 5) is 66.4. The average molecular weight is 623 g/mol. The molecule has 5 N–H and O–H groups in total. The van der Waals surface area contributed by atoms with Gasteiger partial charge in [-0.25, -0.2) is 13.9 Å². The molecule has 16 nitrogen and oxygen atoms in total. The van der Waals surface area contributed by atoms with Crippen LogP contribution in [0.4, 0.5) is 0 Å². The number of phosphoric ester groups is 1. The van der Waals surface area contributed by atoms with Gasteiger partial charge in [0.1, 0.15) is 18.3 Å². The molecular formula is C23H35N3O13P2. The minimum absolute atomic E-state index is 0.250. The Balaban J connectivity index is 0.000000745. The van der Waals surface area contributed by atoms with E-state index in [1.807, 2.05) is 0 Å². The van der Waals surface area contributed by atoms with Crippen LogP contribution in [0.5, 0.6) is 0 Å². The molecule has 1 aliphatic heterocycles. The smallest absolute Gasteiger partial charge is 0.387 e. The number of hydrogen-bond acceptors (Lipinski definition) is 11. The highest BCUT2D eigenvalue weighted by Crippen LogP contribution is 2.57. The Bertz CT molecular complexity index is 1350. The lowest BCUT2D eigenvalue weighted by Crippen LogP contribution is -2.44. The molecule has 1 aromatic carbocycles. The first kappa shape index (κ1) is 34.9. The third-order valence-electron chi connectivity index (χ3n) is 6.06. The fourth-order valence-electron chi connectivity index (χ4n) is 3.82. The van der Waals surface area contributed by atoms with E-state index < -0.39 is 70.4 Å². The van der Waals surface area contributed by atoms with Crippen molar-refractivity contribution in [2.45, 2.75) is 51.9 Å². The van der Waals surface area contributed by atoms with E-state index in [-0.39, 0.29) is 5.56 Å². The van der Waals surface area contributed by atoms with Gasteiger partial charge in [0.25, 0.3) is 5.56 Å². The van der Waals surface area contributed by atoms with Crippen LogP contribution in [0, 0.1) is 0 Å². The first-order chi connectivity index (χ1) is 19.1. The van der Waals surface area contributed by atoms with Gasteiger partial charge in [-0.15, -0.1) is 0 Å². The lowest BCUT2D eigenvalue weighted by molar-refractivity contribution is -0.0547. The molecular weight excluding hydrogens is 588 g/mol. The molecule has 0 bridgehead atoms. The summed E-state index contributed by atoms with van der Waals surface area (Å²) in [6.45, 7) is 8.54. The normalized spacial score (nSPS) is 22.2. The second-order valence-electron chi connectivity index (χ2n) is 8.72. The average Bonchev–Trinajstić information content (AvgIpc) is 3.19. The largest absolute Gasteiger partial charge is 0.481 e. The van der Waals surface area contributed by atoms with Gasteiger partial charge in [-0.3, -0.25) is 23.2 Å². The monoisotopic (exact) mass is 623 g/mol. The molecule has 1 aromatic heterocycles. The molecule has 2 aromatic rings. The summed E-state index contributed by atoms with van der Waals surface area (Å²) in [5, 5.41) is 20.5. The maximum atomic E-state index is 12.9. The summed E-state index contributed by atoms with van der Waals surface area (Å²) in [7, 11) is -10.6. The lowest BCUT2D eigenvalue weighted by atomic mass is 10.1. The molecule has 3 rings (SSSR count). The number of Topliss-reactive ketones (excluding diaryl/α,β-unsaturated/α-hetero) is 1. The van der Waals surface area contributed by atoms with Crippen LogP contribution in [0.15, 0.2) is 52.2 Å². The van der Waals surface area contributed by atoms with Crippen molar-refractivity contribution in [2.24, 2.45) is 0 Å². The van der Waals surface area contributed by atoms with Crippen LogP contribution in [0.1, 0.15) is 37.4 Å². The molecule has 0 saturated carbocycles. The zero-order valence-electron chi connectivity index (χ0n) is 22.6. The number of rotatable bonds is 12. The Morgan fingerprint density at radius 1 is 0.976 bits per heavy atom. The standard InChI is InChI=1S/C17H20N2O13P2.C6H15N/c20-11(10-4-2-1-3-5-10)8-19-13(21)6-7-18(17(19)24)16-15(23)14(22)12(31-16)9-30-34(28,29)32-33(25,26)27;1-4-7(5-2)6-3/h1-7,12,14-16,22-23H,8-9H2,(H,28,29)(H2,25,26,27);4-6H2,1-3H3/t12-,14-,15-,16-;/m1./s1. The van der Waals surface area contributed by atoms with Gasteiger partial charge >= 0.3 is 21.3 Å². The van der Waals surface area contributed by atoms with Gasteiger partial charge in [0, 0.05) is 17.8 Å². The number of phosphoric acid groups is 2. The van der Waals surface area contributed by atoms with Gasteiger partial charge < -0.3 is 34.5 Å². The molecule has 18 heteroatoms. The summed E-state index contributed by atoms with van der Waals surface area (Å²) in [6.07, 6.45) is -5.75. The van der Waals surface area contributed by atoms with Crippen LogP contribution >= 0.6 is 15.6 Å². The lowest BCUT2D eigenvalue weighted by Gasteiger charge is -2.19. The van der Waals surface area contributed by atoms with Gasteiger partial charge in [-0.2, -0.15) is 4.31 Å². The van der Waals surface area contributed by atoms with Gasteiger partial charge in [-0.1, -0.05) is 51.1 Å². The van der Waals surface area contributed by atoms with E-state index in [1.54, 1.807) is 18.2 Å². The Morgan fingerprint density at radius 2 is 1.56 bits per heavy atom. The van der Waals surface area contributed by atoms with Crippen LogP contribution in [0.3, 0.4) is 0 Å². The molecule has 5 atom stereocenters. The highest BCUT2D eigenvalue weighted by atomic mass is 31.3. The van der Waals surface area contributed by atoms with Gasteiger partial charge in [0.2, 0.25) is 0 Å². The Kier molecular flexibility index (Phi) is 13.0. The van der Waals surface area contributed by atoms with Crippen LogP contribution < -0.4 is 11.2 Å². The Morgan fingerprint density at radius 3 is 2.07 bits per heavy atom. The van der Waals surface area contributed by atoms with Crippen LogP contribution in [-0.4, -0.2) is 89.3 Å². The highest BCUT2D eigenvalue weighted by Gasteiger charge is 2.46. The van der Waals surface area contributed by atoms with E-state index in [9.17, 15) is 38.6 Å². The van der Waals surface area contributed by atoms with Crippen molar-refractivity contribution in [1.82, 2.24) is 14.0 Å². The van der Waals surface area contributed by atoms with Crippen LogP contribution in [-0.2, 0) is 29.2 Å². The number of ketones is 1. The number of ether oxygens (including phenoxy) is 1. The minimum atomic E-state index is -5.38. The maximum Gasteiger partial charge on any atom is 0.481 e. The van der Waals surface area contributed by atoms with Gasteiger partial charge in [0.15, 0.2) is 12.0 Å². The SMILES string of the molecule is CCN(CC)CC.O=C(Cn1c(=O)ccn([C@@H]2O[C@H](COP(=O)(O)OP(=O)(O)O)[C@@H](O)[C@H]2O)c1=O)c1ccccc1. The molecule has 1 saturated heterocycles. The summed E-state index contributed by atoms with van der Waals surface area (Å²) in [6, 6.07) is 8.80. The molecule has 1 unspecified atom stereocenters. The second-order valence-corrected chi connectivity index (χ2v) is 11.6. The predicted octanol–water partition coefficient (Wildman–Crippen LogP) is 0.0865. The van der Waals surface area contributed by atoms with E-state index in [1.165, 1.54) is 31.8 Å². The Labute approximate surface area is 235 Å². The van der Waals surface area contributed by atoms with E-state index in [2.05, 4.69) is 34.5 Å². The number of aliphatic hydroxyl groups is 2. The fourth-order valence-corrected chi connectivity index (χ4v) is 5.42. The zero-order chi connectivity index (χ0) is 31.0. The summed E-state index contributed by atoms with van der Waals surface area (Å²) >= 11 is 0. The summed E-state index contributed by atoms with van der Waals surface area (Å²) < 4.78 is 36.9. The first-order valence-corrected chi connectivity index (χ1v) is 15.5. The van der Waals surface area contributed by atoms with Crippen LogP contribution in [0.25, 0.3) is 0 Å². The third-order valence-corrected chi connectivity index (χ3v) is 8.21. The molecule has 230 valence electrons. The number of carbonyl (C=O) groups excluding carboxylic acids is 1. The number of aliphatic hydroxyl groups excluding tert-OH is 2. The van der Waals surface area contributed by atoms with Crippen molar-refractivity contribution in [3.63, 3.8) is 0 Å². The number of nitrogens with zero attached hydrogens (tertiary/aromatic N) is 3. The van der Waals surface area contributed by atoms with E-state index >= 15 is 0 Å². The molecule has 0 aliphatic carbocycles. The van der Waals surface area contributed by atoms with Crippen molar-refractivity contribution in [3.8, 4) is 0 Å². The highest BCUT2D eigenvalue weighted by molar-refractivity contribution is 7.60. The number of aromatic nitrogens is 2. The molecule has 41 heavy (non-hydrogen) atoms. The summed E-state index contributed by atoms with van der Waals surface area (Å²) in [5.74, 6) is -0.541. The third kappa shape index (κ3) is 10.2. The van der Waals surface area contributed by atoms with Gasteiger partial charge in [0.05, 0.1) is 13.2 Å². The van der Waals surface area contributed by atoms with Crippen molar-refractivity contribution >= 4 is 21.4 Å². The van der Waals surface area contributed by atoms with Crippen LogP contribution in [0.2, 0.25) is 0 Å². The summed E-state index contributed by atoms with van der Waals surface area (Å²) in [5.41, 5.74) is -1.61. The molecule has 0 amide bonds. The van der Waals surface area contributed by atoms with Gasteiger partial charge in [-0.05, 0) is 19.6 Å². The molecule has 1 aliphatic rings. The predicted molar refractivity (Wildman–Crippen MR) is 144 cm³/mol. The van der Waals surface area contributed by atoms with Crippen molar-refractivity contribution in [2.75, 3.05) is 26.2 Å². The first-order valence-electron chi connectivity index (χ1n) is 12.5. The number of benzene rings is 1. The van der Waals surface area contributed by atoms with E-state index in [0.29, 0.717) is 4.57 Å². The van der Waals surface area contributed by atoms with Crippen molar-refractivity contribution in [3.05, 3.63) is 69.0 Å². The quantitative estimate of drug-likeness (QED) is 0.156. The topological polar surface area (TPSA) is 227 Å². The Hall–Kier alpha value is -2.33. The molecule has 0 spiro atoms. The van der Waals surface area contributed by atoms with E-state index in [4.69, 9.17) is 14.5 Å². The second kappa shape index (κ2) is 15.2. The van der Waals surface area contributed by atoms with Crippen molar-refractivity contribution in [1.29, 1.82) is 0 Å². The fraction of sp³-hybridized carbons (Fsp3) is 0.522. The molecule has 2 heterocycles. The molecule has 0 radical (unpaired) electrons.